The smallest absolute Gasteiger partial charge is 0.152 e. The number of hydrogen-bond donors (Lipinski definition) is 1. The number of hydrogen-bond acceptors (Lipinski definition) is 3. The van der Waals surface area contributed by atoms with E-state index in [0.717, 1.165) is 5.69 Å². The first-order valence-electron chi connectivity index (χ1n) is 5.07. The lowest BCUT2D eigenvalue weighted by Gasteiger charge is -2.03. The Morgan fingerprint density at radius 1 is 1.41 bits per heavy atom. The maximum Gasteiger partial charge on any atom is 0.152 e. The van der Waals surface area contributed by atoms with Crippen molar-refractivity contribution in [2.45, 2.75) is 6.92 Å². The molecule has 0 spiro atoms. The number of aromatic nitrogens is 2. The van der Waals surface area contributed by atoms with Gasteiger partial charge in [0.2, 0.25) is 0 Å². The molecule has 2 aromatic rings. The third-order valence-electron chi connectivity index (χ3n) is 2.48. The minimum absolute atomic E-state index is 0.0350. The molecular weight excluding hydrogens is 219 g/mol. The van der Waals surface area contributed by atoms with Crippen LogP contribution in [0.1, 0.15) is 11.3 Å². The van der Waals surface area contributed by atoms with Crippen LogP contribution in [0.3, 0.4) is 0 Å². The average Bonchev–Trinajstić information content (AvgIpc) is 2.58. The number of nitriles is 1. The molecule has 0 atom stereocenters. The topological polar surface area (TPSA) is 53.6 Å². The Hall–Kier alpha value is -2.35. The van der Waals surface area contributed by atoms with Gasteiger partial charge in [0, 0.05) is 24.5 Å². The predicted octanol–water partition coefficient (Wildman–Crippen LogP) is 2.48. The van der Waals surface area contributed by atoms with E-state index in [2.05, 4.69) is 10.4 Å². The van der Waals surface area contributed by atoms with Gasteiger partial charge in [0.15, 0.2) is 5.82 Å². The number of nitrogens with zero attached hydrogens (tertiary/aromatic N) is 3. The third-order valence-corrected chi connectivity index (χ3v) is 2.48. The van der Waals surface area contributed by atoms with E-state index in [0.29, 0.717) is 11.5 Å². The number of halogens is 1. The first-order chi connectivity index (χ1) is 8.10. The summed E-state index contributed by atoms with van der Waals surface area (Å²) in [5.41, 5.74) is 1.61. The van der Waals surface area contributed by atoms with Crippen molar-refractivity contribution in [3.63, 3.8) is 0 Å². The molecule has 0 aliphatic heterocycles. The van der Waals surface area contributed by atoms with Gasteiger partial charge in [-0.2, -0.15) is 10.4 Å². The maximum absolute atomic E-state index is 13.3. The summed E-state index contributed by atoms with van der Waals surface area (Å²) in [6.45, 7) is 1.93. The van der Waals surface area contributed by atoms with Crippen molar-refractivity contribution in [1.29, 1.82) is 5.26 Å². The van der Waals surface area contributed by atoms with Gasteiger partial charge in [-0.15, -0.1) is 0 Å². The molecule has 1 aromatic heterocycles. The fourth-order valence-corrected chi connectivity index (χ4v) is 1.45. The normalized spacial score (nSPS) is 10.0. The molecule has 17 heavy (non-hydrogen) atoms. The quantitative estimate of drug-likeness (QED) is 0.862. The van der Waals surface area contributed by atoms with Crippen LogP contribution in [0, 0.1) is 24.1 Å². The lowest BCUT2D eigenvalue weighted by molar-refractivity contribution is 0.624. The van der Waals surface area contributed by atoms with Crippen molar-refractivity contribution in [1.82, 2.24) is 9.78 Å². The zero-order valence-corrected chi connectivity index (χ0v) is 9.53. The van der Waals surface area contributed by atoms with E-state index in [9.17, 15) is 4.39 Å². The molecule has 0 amide bonds. The van der Waals surface area contributed by atoms with E-state index in [1.807, 2.05) is 20.0 Å². The van der Waals surface area contributed by atoms with E-state index in [-0.39, 0.29) is 5.56 Å². The van der Waals surface area contributed by atoms with E-state index < -0.39 is 5.82 Å². The third kappa shape index (κ3) is 2.26. The van der Waals surface area contributed by atoms with Crippen LogP contribution in [0.4, 0.5) is 15.9 Å². The molecule has 1 N–H and O–H groups in total. The molecule has 0 fully saturated rings. The Morgan fingerprint density at radius 2 is 2.18 bits per heavy atom. The Morgan fingerprint density at radius 3 is 2.71 bits per heavy atom. The van der Waals surface area contributed by atoms with Gasteiger partial charge in [0.1, 0.15) is 11.9 Å². The Bertz CT molecular complexity index is 576. The molecule has 0 saturated carbocycles. The van der Waals surface area contributed by atoms with Gasteiger partial charge in [0.25, 0.3) is 0 Å². The fourth-order valence-electron chi connectivity index (χ4n) is 1.45. The SMILES string of the molecule is Cc1cc(Nc2ccc(C#N)c(F)c2)nn1C. The number of anilines is 2. The molecule has 86 valence electrons. The molecule has 4 nitrogen and oxygen atoms in total. The zero-order chi connectivity index (χ0) is 12.4. The van der Waals surface area contributed by atoms with Crippen LogP contribution in [-0.2, 0) is 7.05 Å². The Labute approximate surface area is 98.3 Å². The minimum atomic E-state index is -0.537. The molecular formula is C12H11FN4. The highest BCUT2D eigenvalue weighted by atomic mass is 19.1. The molecule has 0 radical (unpaired) electrons. The molecule has 2 rings (SSSR count). The van der Waals surface area contributed by atoms with Gasteiger partial charge in [-0.25, -0.2) is 4.39 Å². The second kappa shape index (κ2) is 4.26. The number of benzene rings is 1. The highest BCUT2D eigenvalue weighted by Crippen LogP contribution is 2.18. The second-order valence-corrected chi connectivity index (χ2v) is 3.73. The van der Waals surface area contributed by atoms with E-state index in [1.54, 1.807) is 16.8 Å². The summed E-state index contributed by atoms with van der Waals surface area (Å²) in [5.74, 6) is 0.110. The van der Waals surface area contributed by atoms with Gasteiger partial charge in [-0.05, 0) is 25.1 Å². The summed E-state index contributed by atoms with van der Waals surface area (Å²) in [6, 6.07) is 8.00. The Kier molecular flexibility index (Phi) is 2.79. The summed E-state index contributed by atoms with van der Waals surface area (Å²) in [6.07, 6.45) is 0. The van der Waals surface area contributed by atoms with Crippen molar-refractivity contribution in [3.8, 4) is 6.07 Å². The van der Waals surface area contributed by atoms with E-state index >= 15 is 0 Å². The molecule has 0 bridgehead atoms. The largest absolute Gasteiger partial charge is 0.339 e. The fraction of sp³-hybridized carbons (Fsp3) is 0.167. The van der Waals surface area contributed by atoms with Crippen LogP contribution in [0.5, 0.6) is 0 Å². The number of rotatable bonds is 2. The molecule has 0 aliphatic rings. The van der Waals surface area contributed by atoms with Gasteiger partial charge >= 0.3 is 0 Å². The monoisotopic (exact) mass is 230 g/mol. The molecule has 0 saturated heterocycles. The molecule has 0 aliphatic carbocycles. The van der Waals surface area contributed by atoms with Gasteiger partial charge < -0.3 is 5.32 Å². The number of nitrogens with one attached hydrogen (secondary N) is 1. The van der Waals surface area contributed by atoms with Crippen molar-refractivity contribution >= 4 is 11.5 Å². The lowest BCUT2D eigenvalue weighted by Crippen LogP contribution is -1.96. The summed E-state index contributed by atoms with van der Waals surface area (Å²) < 4.78 is 15.1. The van der Waals surface area contributed by atoms with Gasteiger partial charge in [0.05, 0.1) is 5.56 Å². The van der Waals surface area contributed by atoms with Crippen molar-refractivity contribution < 1.29 is 4.39 Å². The van der Waals surface area contributed by atoms with Crippen molar-refractivity contribution in [3.05, 3.63) is 41.3 Å². The second-order valence-electron chi connectivity index (χ2n) is 3.73. The highest BCUT2D eigenvalue weighted by Gasteiger charge is 2.05. The molecule has 1 heterocycles. The Balaban J connectivity index is 2.25. The van der Waals surface area contributed by atoms with E-state index in [1.165, 1.54) is 12.1 Å². The number of aryl methyl sites for hydroxylation is 2. The van der Waals surface area contributed by atoms with Crippen molar-refractivity contribution in [2.24, 2.45) is 7.05 Å². The molecule has 5 heteroatoms. The first-order valence-corrected chi connectivity index (χ1v) is 5.07. The first kappa shape index (κ1) is 11.1. The van der Waals surface area contributed by atoms with E-state index in [4.69, 9.17) is 5.26 Å². The summed E-state index contributed by atoms with van der Waals surface area (Å²) >= 11 is 0. The predicted molar refractivity (Wildman–Crippen MR) is 62.3 cm³/mol. The maximum atomic E-state index is 13.3. The minimum Gasteiger partial charge on any atom is -0.339 e. The zero-order valence-electron chi connectivity index (χ0n) is 9.53. The van der Waals surface area contributed by atoms with Crippen LogP contribution in [-0.4, -0.2) is 9.78 Å². The van der Waals surface area contributed by atoms with Crippen LogP contribution < -0.4 is 5.32 Å². The van der Waals surface area contributed by atoms with Crippen LogP contribution in [0.15, 0.2) is 24.3 Å². The van der Waals surface area contributed by atoms with Crippen LogP contribution >= 0.6 is 0 Å². The van der Waals surface area contributed by atoms with Gasteiger partial charge in [-0.1, -0.05) is 0 Å². The van der Waals surface area contributed by atoms with Crippen LogP contribution in [0.2, 0.25) is 0 Å². The van der Waals surface area contributed by atoms with Crippen molar-refractivity contribution in [2.75, 3.05) is 5.32 Å². The molecule has 1 aromatic carbocycles. The van der Waals surface area contributed by atoms with Gasteiger partial charge in [-0.3, -0.25) is 4.68 Å². The highest BCUT2D eigenvalue weighted by molar-refractivity contribution is 5.57. The summed E-state index contributed by atoms with van der Waals surface area (Å²) in [7, 11) is 1.83. The average molecular weight is 230 g/mol. The summed E-state index contributed by atoms with van der Waals surface area (Å²) in [4.78, 5) is 0. The summed E-state index contributed by atoms with van der Waals surface area (Å²) in [5, 5.41) is 15.8. The lowest BCUT2D eigenvalue weighted by atomic mass is 10.2. The van der Waals surface area contributed by atoms with Crippen LogP contribution in [0.25, 0.3) is 0 Å². The standard InChI is InChI=1S/C12H11FN4/c1-8-5-12(16-17(8)2)15-10-4-3-9(7-14)11(13)6-10/h3-6H,1-2H3,(H,15,16). The molecule has 0 unspecified atom stereocenters.